The van der Waals surface area contributed by atoms with Crippen molar-refractivity contribution >= 4 is 39.7 Å². The molecular weight excluding hydrogens is 458 g/mol. The Bertz CT molecular complexity index is 1150. The summed E-state index contributed by atoms with van der Waals surface area (Å²) in [6.07, 6.45) is -0.749. The highest BCUT2D eigenvalue weighted by Crippen LogP contribution is 2.16. The predicted molar refractivity (Wildman–Crippen MR) is 119 cm³/mol. The molecule has 11 heteroatoms. The van der Waals surface area contributed by atoms with E-state index in [0.717, 1.165) is 5.56 Å². The van der Waals surface area contributed by atoms with Gasteiger partial charge >= 0.3 is 11.9 Å². The minimum absolute atomic E-state index is 0.111. The van der Waals surface area contributed by atoms with Gasteiger partial charge in [-0.05, 0) is 35.9 Å². The first-order valence-electron chi connectivity index (χ1n) is 10.0. The fourth-order valence-electron chi connectivity index (χ4n) is 3.30. The smallest absolute Gasteiger partial charge is 0.428 e. The zero-order chi connectivity index (χ0) is 22.5. The average molecular weight is 480 g/mol. The van der Waals surface area contributed by atoms with Crippen molar-refractivity contribution in [1.82, 2.24) is 14.9 Å². The molecule has 1 aliphatic heterocycles. The number of carbonyl (C=O) groups is 1. The average Bonchev–Trinajstić information content (AvgIpc) is 3.17. The van der Waals surface area contributed by atoms with Gasteiger partial charge in [-0.25, -0.2) is 9.59 Å². The fourth-order valence-corrected chi connectivity index (χ4v) is 4.54. The molecule has 4 rings (SSSR count). The maximum absolute atomic E-state index is 12.6. The number of oxazole rings is 1. The normalized spacial score (nSPS) is 16.2. The summed E-state index contributed by atoms with van der Waals surface area (Å²) in [5.41, 5.74) is 1.80. The van der Waals surface area contributed by atoms with Gasteiger partial charge in [-0.2, -0.15) is 0 Å². The molecule has 0 bridgehead atoms. The van der Waals surface area contributed by atoms with Crippen LogP contribution in [0.1, 0.15) is 5.56 Å². The molecule has 170 valence electrons. The number of aromatic nitrogens is 1. The van der Waals surface area contributed by atoms with E-state index in [9.17, 15) is 13.8 Å². The number of hydroxylamine groups is 2. The quantitative estimate of drug-likeness (QED) is 0.516. The number of carbonyl (C=O) groups excluding carboxylic acids is 1. The zero-order valence-corrected chi connectivity index (χ0v) is 18.7. The number of rotatable bonds is 7. The monoisotopic (exact) mass is 479 g/mol. The minimum Gasteiger partial charge on any atom is -0.428 e. The summed E-state index contributed by atoms with van der Waals surface area (Å²) in [4.78, 5) is 33.7. The van der Waals surface area contributed by atoms with Crippen molar-refractivity contribution < 1.29 is 23.0 Å². The van der Waals surface area contributed by atoms with Crippen molar-refractivity contribution in [2.24, 2.45) is 0 Å². The highest BCUT2D eigenvalue weighted by molar-refractivity contribution is 7.85. The van der Waals surface area contributed by atoms with E-state index in [2.05, 4.69) is 9.88 Å². The number of nitrogens with one attached hydrogen (secondary N) is 1. The highest BCUT2D eigenvalue weighted by atomic mass is 35.5. The number of nitrogens with zero attached hydrogens (tertiary/aromatic N) is 2. The van der Waals surface area contributed by atoms with Crippen LogP contribution in [0, 0.1) is 0 Å². The lowest BCUT2D eigenvalue weighted by molar-refractivity contribution is -0.147. The van der Waals surface area contributed by atoms with E-state index < -0.39 is 22.7 Å². The van der Waals surface area contributed by atoms with Gasteiger partial charge in [-0.3, -0.25) is 14.1 Å². The first-order chi connectivity index (χ1) is 15.5. The third kappa shape index (κ3) is 5.98. The molecule has 1 unspecified atom stereocenters. The number of hydrogen-bond acceptors (Lipinski definition) is 8. The third-order valence-electron chi connectivity index (χ3n) is 5.05. The van der Waals surface area contributed by atoms with E-state index >= 15 is 0 Å². The number of piperazine rings is 1. The molecule has 1 aromatic heterocycles. The Morgan fingerprint density at radius 2 is 1.88 bits per heavy atom. The first kappa shape index (κ1) is 22.5. The standard InChI is InChI=1S/C21H22ClN3O6S/c22-16-3-1-15(2-4-16)14-29-21(27)31-25-9-7-24(8-10-25)11-12-32(28)17-5-6-18-19(13-17)30-20(26)23-18/h1-6,13H,7-12,14H2,(H,23,26). The summed E-state index contributed by atoms with van der Waals surface area (Å²) < 4.78 is 22.8. The molecule has 0 saturated carbocycles. The second-order valence-corrected chi connectivity index (χ2v) is 9.26. The Morgan fingerprint density at radius 3 is 2.62 bits per heavy atom. The highest BCUT2D eigenvalue weighted by Gasteiger charge is 2.21. The van der Waals surface area contributed by atoms with Crippen LogP contribution in [-0.4, -0.2) is 63.8 Å². The Balaban J connectivity index is 1.17. The van der Waals surface area contributed by atoms with Gasteiger partial charge in [0.15, 0.2) is 5.58 Å². The van der Waals surface area contributed by atoms with Gasteiger partial charge in [0.2, 0.25) is 0 Å². The second kappa shape index (κ2) is 10.3. The lowest BCUT2D eigenvalue weighted by atomic mass is 10.2. The molecule has 1 atom stereocenters. The summed E-state index contributed by atoms with van der Waals surface area (Å²) in [7, 11) is -1.22. The van der Waals surface area contributed by atoms with E-state index in [-0.39, 0.29) is 6.61 Å². The van der Waals surface area contributed by atoms with Gasteiger partial charge in [-0.15, -0.1) is 5.06 Å². The van der Waals surface area contributed by atoms with Gasteiger partial charge in [-0.1, -0.05) is 23.7 Å². The van der Waals surface area contributed by atoms with Crippen LogP contribution >= 0.6 is 11.6 Å². The Labute approximate surface area is 191 Å². The van der Waals surface area contributed by atoms with Crippen molar-refractivity contribution in [3.63, 3.8) is 0 Å². The van der Waals surface area contributed by atoms with Crippen LogP contribution < -0.4 is 5.76 Å². The number of halogens is 1. The summed E-state index contributed by atoms with van der Waals surface area (Å²) >= 11 is 5.83. The van der Waals surface area contributed by atoms with Crippen molar-refractivity contribution in [1.29, 1.82) is 0 Å². The summed E-state index contributed by atoms with van der Waals surface area (Å²) in [5, 5.41) is 2.19. The minimum atomic E-state index is -1.22. The van der Waals surface area contributed by atoms with Crippen molar-refractivity contribution in [2.75, 3.05) is 38.5 Å². The lowest BCUT2D eigenvalue weighted by Gasteiger charge is -2.32. The molecule has 1 saturated heterocycles. The van der Waals surface area contributed by atoms with Crippen molar-refractivity contribution in [3.05, 3.63) is 63.6 Å². The number of ether oxygens (including phenoxy) is 1. The molecule has 1 aliphatic rings. The molecule has 32 heavy (non-hydrogen) atoms. The van der Waals surface area contributed by atoms with E-state index in [1.54, 1.807) is 47.5 Å². The van der Waals surface area contributed by atoms with Crippen LogP contribution in [0.5, 0.6) is 0 Å². The van der Waals surface area contributed by atoms with E-state index in [0.29, 0.717) is 59.5 Å². The van der Waals surface area contributed by atoms with Crippen molar-refractivity contribution in [3.8, 4) is 0 Å². The summed E-state index contributed by atoms with van der Waals surface area (Å²) in [6.45, 7) is 3.16. The van der Waals surface area contributed by atoms with Crippen LogP contribution in [0.25, 0.3) is 11.1 Å². The summed E-state index contributed by atoms with van der Waals surface area (Å²) in [6, 6.07) is 12.1. The third-order valence-corrected chi connectivity index (χ3v) is 6.64. The molecular formula is C21H22ClN3O6S. The number of benzene rings is 2. The Morgan fingerprint density at radius 1 is 1.12 bits per heavy atom. The first-order valence-corrected chi connectivity index (χ1v) is 11.7. The maximum atomic E-state index is 12.6. The fraction of sp³-hybridized carbons (Fsp3) is 0.333. The molecule has 1 N–H and O–H groups in total. The van der Waals surface area contributed by atoms with E-state index in [1.807, 2.05) is 0 Å². The second-order valence-electron chi connectivity index (χ2n) is 7.25. The van der Waals surface area contributed by atoms with Crippen LogP contribution in [0.3, 0.4) is 0 Å². The van der Waals surface area contributed by atoms with E-state index in [1.165, 1.54) is 0 Å². The Hall–Kier alpha value is -2.66. The lowest BCUT2D eigenvalue weighted by Crippen LogP contribution is -2.47. The molecule has 0 amide bonds. The molecule has 0 radical (unpaired) electrons. The Kier molecular flexibility index (Phi) is 7.26. The van der Waals surface area contributed by atoms with Crippen molar-refractivity contribution in [2.45, 2.75) is 11.5 Å². The van der Waals surface area contributed by atoms with Gasteiger partial charge in [0.05, 0.1) is 16.3 Å². The van der Waals surface area contributed by atoms with Crippen LogP contribution in [0.15, 0.2) is 56.6 Å². The molecule has 2 aromatic carbocycles. The predicted octanol–water partition coefficient (Wildman–Crippen LogP) is 2.77. The number of hydrogen-bond donors (Lipinski definition) is 1. The largest absolute Gasteiger partial charge is 0.528 e. The molecule has 1 fully saturated rings. The molecule has 0 spiro atoms. The van der Waals surface area contributed by atoms with Crippen LogP contribution in [0.4, 0.5) is 4.79 Å². The summed E-state index contributed by atoms with van der Waals surface area (Å²) in [5.74, 6) is -0.0821. The number of fused-ring (bicyclic) bond motifs is 1. The molecule has 0 aliphatic carbocycles. The molecule has 2 heterocycles. The van der Waals surface area contributed by atoms with Crippen LogP contribution in [-0.2, 0) is 27.0 Å². The van der Waals surface area contributed by atoms with Gasteiger partial charge in [0.1, 0.15) is 6.61 Å². The van der Waals surface area contributed by atoms with Crippen LogP contribution in [0.2, 0.25) is 5.02 Å². The molecule has 9 nitrogen and oxygen atoms in total. The zero-order valence-electron chi connectivity index (χ0n) is 17.1. The molecule has 3 aromatic rings. The van der Waals surface area contributed by atoms with E-state index in [4.69, 9.17) is 25.6 Å². The number of aromatic amines is 1. The van der Waals surface area contributed by atoms with Gasteiger partial charge < -0.3 is 14.0 Å². The SMILES string of the molecule is O=C(OCc1ccc(Cl)cc1)ON1CCN(CCS(=O)c2ccc3[nH]c(=O)oc3c2)CC1. The van der Waals surface area contributed by atoms with Gasteiger partial charge in [0.25, 0.3) is 0 Å². The topological polar surface area (TPSA) is 105 Å². The number of H-pyrrole nitrogens is 1. The van der Waals surface area contributed by atoms with Gasteiger partial charge in [0, 0.05) is 48.4 Å². The maximum Gasteiger partial charge on any atom is 0.528 e.